The van der Waals surface area contributed by atoms with Crippen LogP contribution in [0.15, 0.2) is 47.4 Å². The van der Waals surface area contributed by atoms with Crippen LogP contribution in [0.1, 0.15) is 28.4 Å². The molecule has 0 heterocycles. The lowest BCUT2D eigenvalue weighted by Gasteiger charge is -2.06. The van der Waals surface area contributed by atoms with Gasteiger partial charge < -0.3 is 0 Å². The van der Waals surface area contributed by atoms with Crippen molar-refractivity contribution >= 4 is 23.2 Å². The molecule has 0 aliphatic carbocycles. The van der Waals surface area contributed by atoms with E-state index in [0.717, 1.165) is 10.5 Å². The molecule has 5 heteroatoms. The number of nitro benzene ring substituents is 1. The second-order valence-electron chi connectivity index (χ2n) is 4.69. The maximum absolute atomic E-state index is 11.2. The van der Waals surface area contributed by atoms with Gasteiger partial charge in [0.1, 0.15) is 0 Å². The first-order valence-electron chi connectivity index (χ1n) is 6.45. The molecule has 0 fully saturated rings. The van der Waals surface area contributed by atoms with E-state index in [2.05, 4.69) is 0 Å². The average molecular weight is 301 g/mol. The summed E-state index contributed by atoms with van der Waals surface area (Å²) >= 11 is 1.59. The van der Waals surface area contributed by atoms with Crippen molar-refractivity contribution in [1.29, 1.82) is 0 Å². The number of benzene rings is 2. The van der Waals surface area contributed by atoms with Gasteiger partial charge in [0.2, 0.25) is 0 Å². The van der Waals surface area contributed by atoms with Gasteiger partial charge in [-0.25, -0.2) is 0 Å². The molecule has 2 aromatic carbocycles. The van der Waals surface area contributed by atoms with E-state index in [1.807, 2.05) is 18.2 Å². The van der Waals surface area contributed by atoms with Crippen LogP contribution in [0.25, 0.3) is 0 Å². The zero-order valence-corrected chi connectivity index (χ0v) is 12.6. The standard InChI is InChI=1S/C16H15NO3S/c1-11-14(4-3-5-16(11)17(19)20)10-21-15-8-6-13(7-9-15)12(2)18/h3-9H,10H2,1-2H3. The third kappa shape index (κ3) is 3.70. The van der Waals surface area contributed by atoms with Gasteiger partial charge in [0.15, 0.2) is 5.78 Å². The first-order valence-corrected chi connectivity index (χ1v) is 7.44. The maximum atomic E-state index is 11.2. The molecule has 0 spiro atoms. The van der Waals surface area contributed by atoms with Crippen molar-refractivity contribution in [1.82, 2.24) is 0 Å². The van der Waals surface area contributed by atoms with Gasteiger partial charge >= 0.3 is 0 Å². The second kappa shape index (κ2) is 6.54. The van der Waals surface area contributed by atoms with Crippen LogP contribution in [0.5, 0.6) is 0 Å². The molecule has 0 bridgehead atoms. The zero-order chi connectivity index (χ0) is 15.4. The van der Waals surface area contributed by atoms with E-state index in [1.54, 1.807) is 36.9 Å². The Labute approximate surface area is 127 Å². The number of Topliss-reactive ketones (excluding diaryl/α,β-unsaturated/α-hetero) is 1. The number of hydrogen-bond acceptors (Lipinski definition) is 4. The van der Waals surface area contributed by atoms with Crippen LogP contribution in [0, 0.1) is 17.0 Å². The summed E-state index contributed by atoms with van der Waals surface area (Å²) in [6, 6.07) is 12.5. The van der Waals surface area contributed by atoms with Crippen LogP contribution in [-0.4, -0.2) is 10.7 Å². The summed E-state index contributed by atoms with van der Waals surface area (Å²) in [5.74, 6) is 0.702. The molecule has 0 amide bonds. The molecule has 0 saturated heterocycles. The fourth-order valence-corrected chi connectivity index (χ4v) is 2.93. The molecule has 0 N–H and O–H groups in total. The summed E-state index contributed by atoms with van der Waals surface area (Å²) in [5, 5.41) is 10.9. The number of carbonyl (C=O) groups is 1. The molecule has 108 valence electrons. The topological polar surface area (TPSA) is 60.2 Å². The molecule has 0 unspecified atom stereocenters. The number of ketones is 1. The molecule has 0 aliphatic rings. The van der Waals surface area contributed by atoms with Gasteiger partial charge in [-0.2, -0.15) is 0 Å². The minimum Gasteiger partial charge on any atom is -0.295 e. The molecule has 21 heavy (non-hydrogen) atoms. The van der Waals surface area contributed by atoms with Gasteiger partial charge in [0, 0.05) is 27.8 Å². The zero-order valence-electron chi connectivity index (χ0n) is 11.8. The van der Waals surface area contributed by atoms with E-state index in [0.29, 0.717) is 16.9 Å². The highest BCUT2D eigenvalue weighted by Crippen LogP contribution is 2.28. The molecular weight excluding hydrogens is 286 g/mol. The molecule has 0 saturated carbocycles. The van der Waals surface area contributed by atoms with Gasteiger partial charge in [-0.05, 0) is 31.5 Å². The summed E-state index contributed by atoms with van der Waals surface area (Å²) < 4.78 is 0. The van der Waals surface area contributed by atoms with Gasteiger partial charge in [0.05, 0.1) is 4.92 Å². The van der Waals surface area contributed by atoms with E-state index in [-0.39, 0.29) is 16.4 Å². The van der Waals surface area contributed by atoms with Crippen molar-refractivity contribution in [2.24, 2.45) is 0 Å². The SMILES string of the molecule is CC(=O)c1ccc(SCc2cccc([N+](=O)[O-])c2C)cc1. The fraction of sp³-hybridized carbons (Fsp3) is 0.188. The first-order chi connectivity index (χ1) is 9.99. The highest BCUT2D eigenvalue weighted by molar-refractivity contribution is 7.98. The first kappa shape index (κ1) is 15.3. The van der Waals surface area contributed by atoms with Gasteiger partial charge in [0.25, 0.3) is 5.69 Å². The van der Waals surface area contributed by atoms with Gasteiger partial charge in [-0.3, -0.25) is 14.9 Å². The number of thioether (sulfide) groups is 1. The summed E-state index contributed by atoms with van der Waals surface area (Å²) in [6.45, 7) is 3.31. The second-order valence-corrected chi connectivity index (χ2v) is 5.74. The summed E-state index contributed by atoms with van der Waals surface area (Å²) in [4.78, 5) is 22.8. The van der Waals surface area contributed by atoms with E-state index in [1.165, 1.54) is 13.0 Å². The summed E-state index contributed by atoms with van der Waals surface area (Å²) in [5.41, 5.74) is 2.49. The summed E-state index contributed by atoms with van der Waals surface area (Å²) in [7, 11) is 0. The van der Waals surface area contributed by atoms with Crippen LogP contribution in [0.4, 0.5) is 5.69 Å². The molecular formula is C16H15NO3S. The minimum absolute atomic E-state index is 0.0427. The van der Waals surface area contributed by atoms with Crippen molar-refractivity contribution in [3.8, 4) is 0 Å². The van der Waals surface area contributed by atoms with Crippen molar-refractivity contribution < 1.29 is 9.72 Å². The predicted molar refractivity (Wildman–Crippen MR) is 83.8 cm³/mol. The highest BCUT2D eigenvalue weighted by atomic mass is 32.2. The van der Waals surface area contributed by atoms with Crippen molar-refractivity contribution in [3.05, 3.63) is 69.3 Å². The maximum Gasteiger partial charge on any atom is 0.272 e. The van der Waals surface area contributed by atoms with Gasteiger partial charge in [-0.15, -0.1) is 11.8 Å². The summed E-state index contributed by atoms with van der Waals surface area (Å²) in [6.07, 6.45) is 0. The van der Waals surface area contributed by atoms with Crippen LogP contribution in [0.2, 0.25) is 0 Å². The Balaban J connectivity index is 2.11. The van der Waals surface area contributed by atoms with Crippen molar-refractivity contribution in [3.63, 3.8) is 0 Å². The van der Waals surface area contributed by atoms with Crippen LogP contribution < -0.4 is 0 Å². The third-order valence-electron chi connectivity index (χ3n) is 3.27. The smallest absolute Gasteiger partial charge is 0.272 e. The van der Waals surface area contributed by atoms with Crippen LogP contribution in [0.3, 0.4) is 0 Å². The Hall–Kier alpha value is -2.14. The van der Waals surface area contributed by atoms with Crippen molar-refractivity contribution in [2.75, 3.05) is 0 Å². The number of rotatable bonds is 5. The van der Waals surface area contributed by atoms with Gasteiger partial charge in [-0.1, -0.05) is 24.3 Å². The Kier molecular flexibility index (Phi) is 4.75. The number of nitro groups is 1. The molecule has 2 rings (SSSR count). The molecule has 0 aliphatic heterocycles. The average Bonchev–Trinajstić information content (AvgIpc) is 2.46. The number of nitrogens with zero attached hydrogens (tertiary/aromatic N) is 1. The fourth-order valence-electron chi connectivity index (χ4n) is 1.97. The third-order valence-corrected chi connectivity index (χ3v) is 4.33. The Morgan fingerprint density at radius 2 is 1.86 bits per heavy atom. The minimum atomic E-state index is -0.356. The predicted octanol–water partition coefficient (Wildman–Crippen LogP) is 4.40. The van der Waals surface area contributed by atoms with Crippen molar-refractivity contribution in [2.45, 2.75) is 24.5 Å². The molecule has 0 atom stereocenters. The van der Waals surface area contributed by atoms with Crippen LogP contribution >= 0.6 is 11.8 Å². The lowest BCUT2D eigenvalue weighted by atomic mass is 10.1. The number of hydrogen-bond donors (Lipinski definition) is 0. The number of carbonyl (C=O) groups excluding carboxylic acids is 1. The highest BCUT2D eigenvalue weighted by Gasteiger charge is 2.13. The lowest BCUT2D eigenvalue weighted by Crippen LogP contribution is -1.95. The lowest BCUT2D eigenvalue weighted by molar-refractivity contribution is -0.385. The molecule has 0 aromatic heterocycles. The monoisotopic (exact) mass is 301 g/mol. The van der Waals surface area contributed by atoms with Crippen LogP contribution in [-0.2, 0) is 5.75 Å². The van der Waals surface area contributed by atoms with E-state index < -0.39 is 0 Å². The molecule has 0 radical (unpaired) electrons. The quantitative estimate of drug-likeness (QED) is 0.355. The largest absolute Gasteiger partial charge is 0.295 e. The normalized spacial score (nSPS) is 10.4. The Morgan fingerprint density at radius 3 is 2.43 bits per heavy atom. The Bertz CT molecular complexity index is 680. The Morgan fingerprint density at radius 1 is 1.19 bits per heavy atom. The van der Waals surface area contributed by atoms with E-state index in [4.69, 9.17) is 0 Å². The molecule has 4 nitrogen and oxygen atoms in total. The van der Waals surface area contributed by atoms with E-state index >= 15 is 0 Å². The molecule has 2 aromatic rings. The van der Waals surface area contributed by atoms with E-state index in [9.17, 15) is 14.9 Å².